The summed E-state index contributed by atoms with van der Waals surface area (Å²) in [6.45, 7) is 9.82. The van der Waals surface area contributed by atoms with Gasteiger partial charge < -0.3 is 15.4 Å². The van der Waals surface area contributed by atoms with Gasteiger partial charge in [-0.1, -0.05) is 30.3 Å². The van der Waals surface area contributed by atoms with E-state index >= 15 is 0 Å². The van der Waals surface area contributed by atoms with Crippen molar-refractivity contribution in [3.8, 4) is 0 Å². The van der Waals surface area contributed by atoms with Gasteiger partial charge in [-0.05, 0) is 38.3 Å². The van der Waals surface area contributed by atoms with Crippen molar-refractivity contribution in [2.45, 2.75) is 26.2 Å². The highest BCUT2D eigenvalue weighted by molar-refractivity contribution is 5.79. The Morgan fingerprint density at radius 1 is 1.12 bits per heavy atom. The third-order valence-corrected chi connectivity index (χ3v) is 4.13. The molecule has 0 amide bonds. The fraction of sp³-hybridized carbons (Fsp3) is 0.632. The summed E-state index contributed by atoms with van der Waals surface area (Å²) in [5, 5.41) is 6.76. The molecule has 1 fully saturated rings. The number of ether oxygens (including phenoxy) is 1. The Hall–Kier alpha value is -1.59. The smallest absolute Gasteiger partial charge is 0.191 e. The number of nitrogens with one attached hydrogen (secondary N) is 2. The molecule has 0 aliphatic carbocycles. The summed E-state index contributed by atoms with van der Waals surface area (Å²) < 4.78 is 5.38. The van der Waals surface area contributed by atoms with Crippen molar-refractivity contribution in [3.05, 3.63) is 35.9 Å². The lowest BCUT2D eigenvalue weighted by molar-refractivity contribution is 0.0376. The summed E-state index contributed by atoms with van der Waals surface area (Å²) in [6, 6.07) is 10.6. The number of aliphatic imine (C=N–C) groups is 1. The molecule has 0 atom stereocenters. The summed E-state index contributed by atoms with van der Waals surface area (Å²) >= 11 is 0. The number of nitrogens with zero attached hydrogens (tertiary/aromatic N) is 2. The van der Waals surface area contributed by atoms with E-state index in [1.807, 2.05) is 0 Å². The van der Waals surface area contributed by atoms with E-state index in [9.17, 15) is 0 Å². The zero-order valence-electron chi connectivity index (χ0n) is 15.0. The standard InChI is InChI=1S/C19H32N4O/c1-2-20-19(21-11-6-10-18-8-4-3-5-9-18)22-12-7-13-23-14-16-24-17-15-23/h3-5,8-9H,2,6-7,10-17H2,1H3,(H2,20,21,22). The number of benzene rings is 1. The molecule has 1 heterocycles. The minimum atomic E-state index is 0.855. The first-order valence-electron chi connectivity index (χ1n) is 9.24. The zero-order chi connectivity index (χ0) is 16.9. The largest absolute Gasteiger partial charge is 0.379 e. The van der Waals surface area contributed by atoms with Crippen LogP contribution in [0.1, 0.15) is 25.3 Å². The molecule has 0 unspecified atom stereocenters. The molecular formula is C19H32N4O. The monoisotopic (exact) mass is 332 g/mol. The Labute approximate surface area is 146 Å². The average molecular weight is 332 g/mol. The molecule has 5 nitrogen and oxygen atoms in total. The topological polar surface area (TPSA) is 48.9 Å². The Bertz CT molecular complexity index is 458. The summed E-state index contributed by atoms with van der Waals surface area (Å²) in [4.78, 5) is 7.14. The van der Waals surface area contributed by atoms with E-state index in [-0.39, 0.29) is 0 Å². The molecule has 134 valence electrons. The van der Waals surface area contributed by atoms with Gasteiger partial charge in [0.15, 0.2) is 5.96 Å². The Morgan fingerprint density at radius 3 is 2.67 bits per heavy atom. The highest BCUT2D eigenvalue weighted by Crippen LogP contribution is 2.02. The van der Waals surface area contributed by atoms with Gasteiger partial charge in [0.1, 0.15) is 0 Å². The average Bonchev–Trinajstić information content (AvgIpc) is 2.64. The maximum atomic E-state index is 5.38. The van der Waals surface area contributed by atoms with E-state index in [1.54, 1.807) is 0 Å². The summed E-state index contributed by atoms with van der Waals surface area (Å²) in [5.41, 5.74) is 1.39. The number of rotatable bonds is 9. The fourth-order valence-electron chi connectivity index (χ4n) is 2.79. The van der Waals surface area contributed by atoms with Crippen LogP contribution in [0, 0.1) is 0 Å². The van der Waals surface area contributed by atoms with Crippen LogP contribution in [0.4, 0.5) is 0 Å². The lowest BCUT2D eigenvalue weighted by Crippen LogP contribution is -2.40. The van der Waals surface area contributed by atoms with Gasteiger partial charge in [0.25, 0.3) is 0 Å². The second-order valence-electron chi connectivity index (χ2n) is 6.08. The molecule has 1 aromatic carbocycles. The van der Waals surface area contributed by atoms with Crippen LogP contribution in [0.25, 0.3) is 0 Å². The van der Waals surface area contributed by atoms with Crippen LogP contribution in [-0.2, 0) is 11.2 Å². The van der Waals surface area contributed by atoms with Crippen molar-refractivity contribution in [3.63, 3.8) is 0 Å². The third kappa shape index (κ3) is 7.79. The number of guanidine groups is 1. The second-order valence-corrected chi connectivity index (χ2v) is 6.08. The Balaban J connectivity index is 1.60. The second kappa shape index (κ2) is 11.9. The molecule has 24 heavy (non-hydrogen) atoms. The predicted octanol–water partition coefficient (Wildman–Crippen LogP) is 1.90. The summed E-state index contributed by atoms with van der Waals surface area (Å²) in [5.74, 6) is 0.938. The lowest BCUT2D eigenvalue weighted by atomic mass is 10.1. The van der Waals surface area contributed by atoms with Gasteiger partial charge in [-0.2, -0.15) is 0 Å². The first-order chi connectivity index (χ1) is 11.9. The van der Waals surface area contributed by atoms with Crippen LogP contribution < -0.4 is 10.6 Å². The molecule has 0 saturated carbocycles. The van der Waals surface area contributed by atoms with E-state index in [4.69, 9.17) is 4.74 Å². The molecule has 0 bridgehead atoms. The Morgan fingerprint density at radius 2 is 1.92 bits per heavy atom. The highest BCUT2D eigenvalue weighted by Gasteiger charge is 2.09. The van der Waals surface area contributed by atoms with Crippen molar-refractivity contribution >= 4 is 5.96 Å². The van der Waals surface area contributed by atoms with Crippen LogP contribution in [0.2, 0.25) is 0 Å². The molecule has 1 aliphatic rings. The molecule has 1 saturated heterocycles. The van der Waals surface area contributed by atoms with Gasteiger partial charge in [0, 0.05) is 32.7 Å². The highest BCUT2D eigenvalue weighted by atomic mass is 16.5. The summed E-state index contributed by atoms with van der Waals surface area (Å²) in [7, 11) is 0. The van der Waals surface area contributed by atoms with Gasteiger partial charge >= 0.3 is 0 Å². The van der Waals surface area contributed by atoms with Crippen LogP contribution in [0.5, 0.6) is 0 Å². The predicted molar refractivity (Wildman–Crippen MR) is 101 cm³/mol. The van der Waals surface area contributed by atoms with Crippen molar-refractivity contribution in [2.75, 3.05) is 52.5 Å². The summed E-state index contributed by atoms with van der Waals surface area (Å²) in [6.07, 6.45) is 3.30. The van der Waals surface area contributed by atoms with E-state index in [1.165, 1.54) is 5.56 Å². The molecular weight excluding hydrogens is 300 g/mol. The first-order valence-corrected chi connectivity index (χ1v) is 9.24. The quantitative estimate of drug-likeness (QED) is 0.412. The maximum absolute atomic E-state index is 5.38. The molecule has 0 aromatic heterocycles. The van der Waals surface area contributed by atoms with Gasteiger partial charge in [-0.15, -0.1) is 0 Å². The molecule has 0 spiro atoms. The molecule has 0 radical (unpaired) electrons. The van der Waals surface area contributed by atoms with Crippen molar-refractivity contribution in [2.24, 2.45) is 4.99 Å². The van der Waals surface area contributed by atoms with Crippen molar-refractivity contribution in [1.82, 2.24) is 15.5 Å². The van der Waals surface area contributed by atoms with Crippen LogP contribution in [-0.4, -0.2) is 63.3 Å². The molecule has 1 aliphatic heterocycles. The van der Waals surface area contributed by atoms with Crippen molar-refractivity contribution < 1.29 is 4.74 Å². The number of hydrogen-bond donors (Lipinski definition) is 2. The minimum absolute atomic E-state index is 0.855. The van der Waals surface area contributed by atoms with Gasteiger partial charge in [0.2, 0.25) is 0 Å². The van der Waals surface area contributed by atoms with Gasteiger partial charge in [0.05, 0.1) is 13.2 Å². The van der Waals surface area contributed by atoms with E-state index in [0.717, 1.165) is 77.7 Å². The SMILES string of the molecule is CCNC(=NCCCc1ccccc1)NCCCN1CCOCC1. The van der Waals surface area contributed by atoms with Crippen molar-refractivity contribution in [1.29, 1.82) is 0 Å². The zero-order valence-corrected chi connectivity index (χ0v) is 15.0. The molecule has 2 N–H and O–H groups in total. The fourth-order valence-corrected chi connectivity index (χ4v) is 2.79. The number of hydrogen-bond acceptors (Lipinski definition) is 3. The van der Waals surface area contributed by atoms with Crippen LogP contribution >= 0.6 is 0 Å². The van der Waals surface area contributed by atoms with E-state index in [2.05, 4.69) is 57.8 Å². The number of aryl methyl sites for hydroxylation is 1. The molecule has 5 heteroatoms. The van der Waals surface area contributed by atoms with Crippen LogP contribution in [0.15, 0.2) is 35.3 Å². The molecule has 2 rings (SSSR count). The molecule has 1 aromatic rings. The van der Waals surface area contributed by atoms with E-state index in [0.29, 0.717) is 0 Å². The first kappa shape index (κ1) is 18.7. The maximum Gasteiger partial charge on any atom is 0.191 e. The lowest BCUT2D eigenvalue weighted by Gasteiger charge is -2.26. The number of morpholine rings is 1. The van der Waals surface area contributed by atoms with E-state index < -0.39 is 0 Å². The third-order valence-electron chi connectivity index (χ3n) is 4.13. The van der Waals surface area contributed by atoms with Gasteiger partial charge in [-0.25, -0.2) is 0 Å². The Kier molecular flexibility index (Phi) is 9.27. The van der Waals surface area contributed by atoms with Gasteiger partial charge in [-0.3, -0.25) is 9.89 Å². The normalized spacial score (nSPS) is 16.1. The minimum Gasteiger partial charge on any atom is -0.379 e. The van der Waals surface area contributed by atoms with Crippen LogP contribution in [0.3, 0.4) is 0 Å².